The van der Waals surface area contributed by atoms with Crippen LogP contribution in [0.25, 0.3) is 0 Å². The molecule has 0 saturated carbocycles. The molecule has 0 unspecified atom stereocenters. The van der Waals surface area contributed by atoms with Gasteiger partial charge in [-0.3, -0.25) is 10.1 Å². The Hall–Kier alpha value is -1.36. The molecule has 0 spiro atoms. The monoisotopic (exact) mass is 186 g/mol. The first kappa shape index (κ1) is 11.6. The van der Waals surface area contributed by atoms with Gasteiger partial charge in [0.05, 0.1) is 0 Å². The van der Waals surface area contributed by atoms with Crippen molar-refractivity contribution in [2.45, 2.75) is 20.3 Å². The Kier molecular flexibility index (Phi) is 5.54. The van der Waals surface area contributed by atoms with Gasteiger partial charge in [-0.2, -0.15) is 0 Å². The van der Waals surface area contributed by atoms with Crippen LogP contribution in [-0.2, 0) is 4.79 Å². The second-order valence-electron chi connectivity index (χ2n) is 2.29. The van der Waals surface area contributed by atoms with Crippen LogP contribution in [0.2, 0.25) is 0 Å². The summed E-state index contributed by atoms with van der Waals surface area (Å²) < 4.78 is 0. The number of urea groups is 1. The van der Waals surface area contributed by atoms with E-state index in [4.69, 9.17) is 5.11 Å². The normalized spacial score (nSPS) is 10.8. The molecular weight excluding hydrogens is 172 g/mol. The summed E-state index contributed by atoms with van der Waals surface area (Å²) in [5.74, 6) is -0.434. The fraction of sp³-hybridized carbons (Fsp3) is 0.500. The molecule has 0 fully saturated rings. The lowest BCUT2D eigenvalue weighted by Gasteiger charge is -2.05. The van der Waals surface area contributed by atoms with E-state index in [9.17, 15) is 9.59 Å². The van der Waals surface area contributed by atoms with Gasteiger partial charge in [-0.25, -0.2) is 4.79 Å². The highest BCUT2D eigenvalue weighted by atomic mass is 16.3. The quantitative estimate of drug-likeness (QED) is 0.432. The highest BCUT2D eigenvalue weighted by molar-refractivity contribution is 6.03. The molecule has 0 aromatic heterocycles. The summed E-state index contributed by atoms with van der Waals surface area (Å²) in [6.07, 6.45) is 2.20. The number of hydrogen-bond acceptors (Lipinski definition) is 3. The minimum Gasteiger partial charge on any atom is -0.376 e. The first-order valence-electron chi connectivity index (χ1n) is 4.00. The molecule has 0 aromatic rings. The summed E-state index contributed by atoms with van der Waals surface area (Å²) in [6.45, 7) is 3.05. The third-order valence-corrected chi connectivity index (χ3v) is 1.49. The number of rotatable bonds is 3. The second kappa shape index (κ2) is 6.19. The Labute approximate surface area is 76.8 Å². The van der Waals surface area contributed by atoms with Crippen molar-refractivity contribution in [3.63, 3.8) is 0 Å². The van der Waals surface area contributed by atoms with Gasteiger partial charge in [0.15, 0.2) is 0 Å². The van der Waals surface area contributed by atoms with Crippen LogP contribution in [0.3, 0.4) is 0 Å². The molecular formula is C8H14N2O3. The number of nitrogens with one attached hydrogen (secondary N) is 2. The number of carbonyl (C=O) groups excluding carboxylic acids is 2. The van der Waals surface area contributed by atoms with Crippen molar-refractivity contribution in [3.05, 3.63) is 11.6 Å². The molecule has 0 aliphatic carbocycles. The number of aliphatic hydroxyl groups is 1. The fourth-order valence-corrected chi connectivity index (χ4v) is 0.795. The van der Waals surface area contributed by atoms with Gasteiger partial charge in [0, 0.05) is 5.57 Å². The van der Waals surface area contributed by atoms with Crippen LogP contribution in [0, 0.1) is 0 Å². The Morgan fingerprint density at radius 1 is 1.46 bits per heavy atom. The number of hydrogen-bond donors (Lipinski definition) is 3. The van der Waals surface area contributed by atoms with Crippen LogP contribution < -0.4 is 10.6 Å². The first-order chi connectivity index (χ1) is 6.15. The van der Waals surface area contributed by atoms with Gasteiger partial charge in [-0.05, 0) is 13.3 Å². The van der Waals surface area contributed by atoms with Crippen molar-refractivity contribution in [2.75, 3.05) is 6.73 Å². The van der Waals surface area contributed by atoms with Gasteiger partial charge >= 0.3 is 6.03 Å². The molecule has 5 nitrogen and oxygen atoms in total. The summed E-state index contributed by atoms with van der Waals surface area (Å²) in [4.78, 5) is 21.9. The summed E-state index contributed by atoms with van der Waals surface area (Å²) >= 11 is 0. The van der Waals surface area contributed by atoms with Crippen LogP contribution in [0.1, 0.15) is 20.3 Å². The molecule has 74 valence electrons. The van der Waals surface area contributed by atoms with Crippen molar-refractivity contribution in [3.8, 4) is 0 Å². The van der Waals surface area contributed by atoms with Crippen LogP contribution in [-0.4, -0.2) is 23.8 Å². The van der Waals surface area contributed by atoms with E-state index in [1.54, 1.807) is 13.0 Å². The van der Waals surface area contributed by atoms with E-state index in [0.717, 1.165) is 0 Å². The summed E-state index contributed by atoms with van der Waals surface area (Å²) in [6, 6.07) is -0.694. The number of aliphatic hydroxyl groups excluding tert-OH is 1. The summed E-state index contributed by atoms with van der Waals surface area (Å²) in [5.41, 5.74) is 0.535. The molecule has 0 heterocycles. The van der Waals surface area contributed by atoms with E-state index in [-0.39, 0.29) is 0 Å². The SMILES string of the molecule is C/C=C(\CC)C(=O)NC(=O)NCO. The molecule has 3 N–H and O–H groups in total. The Morgan fingerprint density at radius 2 is 2.08 bits per heavy atom. The van der Waals surface area contributed by atoms with Gasteiger partial charge in [-0.15, -0.1) is 0 Å². The third-order valence-electron chi connectivity index (χ3n) is 1.49. The average Bonchev–Trinajstić information content (AvgIpc) is 2.06. The van der Waals surface area contributed by atoms with Crippen molar-refractivity contribution >= 4 is 11.9 Å². The van der Waals surface area contributed by atoms with Crippen molar-refractivity contribution < 1.29 is 14.7 Å². The fourth-order valence-electron chi connectivity index (χ4n) is 0.795. The van der Waals surface area contributed by atoms with Crippen molar-refractivity contribution in [2.24, 2.45) is 0 Å². The van der Waals surface area contributed by atoms with E-state index in [0.29, 0.717) is 12.0 Å². The molecule has 0 radical (unpaired) electrons. The van der Waals surface area contributed by atoms with Crippen LogP contribution in [0.15, 0.2) is 11.6 Å². The average molecular weight is 186 g/mol. The van der Waals surface area contributed by atoms with Crippen LogP contribution in [0.5, 0.6) is 0 Å². The molecule has 0 aromatic carbocycles. The number of carbonyl (C=O) groups is 2. The van der Waals surface area contributed by atoms with E-state index in [1.165, 1.54) is 0 Å². The molecule has 13 heavy (non-hydrogen) atoms. The zero-order valence-electron chi connectivity index (χ0n) is 7.76. The molecule has 0 aliphatic heterocycles. The number of amides is 3. The first-order valence-corrected chi connectivity index (χ1v) is 4.00. The largest absolute Gasteiger partial charge is 0.376 e. The number of imide groups is 1. The van der Waals surface area contributed by atoms with E-state index >= 15 is 0 Å². The number of allylic oxidation sites excluding steroid dienone is 1. The van der Waals surface area contributed by atoms with Gasteiger partial charge in [0.1, 0.15) is 6.73 Å². The minimum absolute atomic E-state index is 0.434. The zero-order valence-corrected chi connectivity index (χ0v) is 7.76. The van der Waals surface area contributed by atoms with Crippen molar-refractivity contribution in [1.82, 2.24) is 10.6 Å². The van der Waals surface area contributed by atoms with Gasteiger partial charge in [0.2, 0.25) is 0 Å². The lowest BCUT2D eigenvalue weighted by Crippen LogP contribution is -2.40. The highest BCUT2D eigenvalue weighted by Crippen LogP contribution is 1.98. The van der Waals surface area contributed by atoms with E-state index in [1.807, 2.05) is 12.2 Å². The predicted molar refractivity (Wildman–Crippen MR) is 47.8 cm³/mol. The third kappa shape index (κ3) is 4.27. The van der Waals surface area contributed by atoms with Crippen molar-refractivity contribution in [1.29, 1.82) is 0 Å². The second-order valence-corrected chi connectivity index (χ2v) is 2.29. The van der Waals surface area contributed by atoms with E-state index in [2.05, 4.69) is 5.32 Å². The molecule has 0 saturated heterocycles. The topological polar surface area (TPSA) is 78.4 Å². The van der Waals surface area contributed by atoms with Gasteiger partial charge in [0.25, 0.3) is 5.91 Å². The molecule has 3 amide bonds. The Bertz CT molecular complexity index is 223. The lowest BCUT2D eigenvalue weighted by molar-refractivity contribution is -0.116. The Balaban J connectivity index is 4.07. The minimum atomic E-state index is -0.694. The molecule has 0 rings (SSSR count). The van der Waals surface area contributed by atoms with E-state index < -0.39 is 18.7 Å². The standard InChI is InChI=1S/C8H14N2O3/c1-3-6(4-2)7(12)10-8(13)9-5-11/h3,11H,4-5H2,1-2H3,(H2,9,10,12,13)/b6-3+. The lowest BCUT2D eigenvalue weighted by atomic mass is 10.2. The summed E-state index contributed by atoms with van der Waals surface area (Å²) in [5, 5.41) is 12.4. The highest BCUT2D eigenvalue weighted by Gasteiger charge is 2.09. The summed E-state index contributed by atoms with van der Waals surface area (Å²) in [7, 11) is 0. The maximum absolute atomic E-state index is 11.2. The molecule has 0 aliphatic rings. The molecule has 5 heteroatoms. The zero-order chi connectivity index (χ0) is 10.3. The van der Waals surface area contributed by atoms with Gasteiger partial charge in [-0.1, -0.05) is 13.0 Å². The predicted octanol–water partition coefficient (Wildman–Crippen LogP) is 0.118. The Morgan fingerprint density at radius 3 is 2.46 bits per heavy atom. The van der Waals surface area contributed by atoms with Crippen LogP contribution >= 0.6 is 0 Å². The van der Waals surface area contributed by atoms with Crippen LogP contribution in [0.4, 0.5) is 4.79 Å². The molecule has 0 bridgehead atoms. The smallest absolute Gasteiger partial charge is 0.323 e. The maximum atomic E-state index is 11.2. The molecule has 0 atom stereocenters. The maximum Gasteiger partial charge on any atom is 0.323 e. The van der Waals surface area contributed by atoms with Gasteiger partial charge < -0.3 is 10.4 Å².